The Morgan fingerprint density at radius 3 is 2.67 bits per heavy atom. The quantitative estimate of drug-likeness (QED) is 0.320. The second-order valence-electron chi connectivity index (χ2n) is 4.95. The van der Waals surface area contributed by atoms with E-state index in [0.717, 1.165) is 17.8 Å². The third kappa shape index (κ3) is 2.74. The van der Waals surface area contributed by atoms with Crippen LogP contribution in [0.3, 0.4) is 0 Å². The van der Waals surface area contributed by atoms with E-state index in [2.05, 4.69) is 9.97 Å². The van der Waals surface area contributed by atoms with Gasteiger partial charge in [0.25, 0.3) is 0 Å². The fourth-order valence-electron chi connectivity index (χ4n) is 2.11. The average Bonchev–Trinajstić information content (AvgIpc) is 2.99. The summed E-state index contributed by atoms with van der Waals surface area (Å²) < 4.78 is 5.35. The molecule has 3 rings (SSSR count). The number of hydrogen-bond donors (Lipinski definition) is 2. The van der Waals surface area contributed by atoms with Crippen LogP contribution in [0, 0.1) is 17.0 Å². The number of aryl methyl sites for hydroxylation is 1. The first kappa shape index (κ1) is 15.8. The number of nitrogens with zero attached hydrogens (tertiary/aromatic N) is 3. The third-order valence-corrected chi connectivity index (χ3v) is 3.57. The molecule has 24 heavy (non-hydrogen) atoms. The number of pyridine rings is 1. The van der Waals surface area contributed by atoms with Crippen LogP contribution >= 0.6 is 11.6 Å². The van der Waals surface area contributed by atoms with Crippen molar-refractivity contribution in [2.75, 3.05) is 0 Å². The van der Waals surface area contributed by atoms with Gasteiger partial charge in [0, 0.05) is 17.3 Å². The minimum Gasteiger partial charge on any atom is -0.504 e. The van der Waals surface area contributed by atoms with Gasteiger partial charge in [0.05, 0.1) is 10.5 Å². The van der Waals surface area contributed by atoms with Gasteiger partial charge in [-0.3, -0.25) is 10.1 Å². The minimum atomic E-state index is -0.807. The molecule has 0 aliphatic carbocycles. The van der Waals surface area contributed by atoms with Crippen molar-refractivity contribution in [3.8, 4) is 34.2 Å². The average molecular weight is 348 g/mol. The molecule has 3 aromatic rings. The van der Waals surface area contributed by atoms with Crippen molar-refractivity contribution in [2.24, 2.45) is 0 Å². The lowest BCUT2D eigenvalue weighted by molar-refractivity contribution is -0.385. The number of oxazole rings is 1. The number of nitro benzene ring substituents is 1. The minimum absolute atomic E-state index is 0.178. The molecule has 0 aliphatic heterocycles. The summed E-state index contributed by atoms with van der Waals surface area (Å²) in [5, 5.41) is 30.3. The van der Waals surface area contributed by atoms with Gasteiger partial charge in [0.1, 0.15) is 17.1 Å². The number of hydrogen-bond acceptors (Lipinski definition) is 7. The van der Waals surface area contributed by atoms with Gasteiger partial charge < -0.3 is 14.6 Å². The van der Waals surface area contributed by atoms with Gasteiger partial charge in [0.2, 0.25) is 11.6 Å². The van der Waals surface area contributed by atoms with Crippen molar-refractivity contribution >= 4 is 17.3 Å². The van der Waals surface area contributed by atoms with Crippen molar-refractivity contribution in [3.05, 3.63) is 51.5 Å². The van der Waals surface area contributed by atoms with Crippen molar-refractivity contribution in [3.63, 3.8) is 0 Å². The van der Waals surface area contributed by atoms with Crippen LogP contribution in [0.15, 0.2) is 34.9 Å². The Bertz CT molecular complexity index is 954. The number of nitro groups is 1. The number of benzene rings is 1. The lowest BCUT2D eigenvalue weighted by Gasteiger charge is -2.02. The summed E-state index contributed by atoms with van der Waals surface area (Å²) in [7, 11) is 0. The van der Waals surface area contributed by atoms with Crippen LogP contribution in [-0.2, 0) is 0 Å². The van der Waals surface area contributed by atoms with Crippen LogP contribution < -0.4 is 0 Å². The zero-order valence-corrected chi connectivity index (χ0v) is 13.0. The van der Waals surface area contributed by atoms with Crippen LogP contribution in [0.25, 0.3) is 22.7 Å². The normalized spacial score (nSPS) is 10.8. The molecule has 1 aromatic carbocycles. The number of phenols is 2. The smallest absolute Gasteiger partial charge is 0.315 e. The summed E-state index contributed by atoms with van der Waals surface area (Å²) in [5.41, 5.74) is 1.01. The highest BCUT2D eigenvalue weighted by Gasteiger charge is 2.21. The molecule has 2 N–H and O–H groups in total. The van der Waals surface area contributed by atoms with Gasteiger partial charge in [-0.25, -0.2) is 9.97 Å². The Balaban J connectivity index is 2.07. The van der Waals surface area contributed by atoms with Gasteiger partial charge in [-0.1, -0.05) is 11.6 Å². The number of aromatic hydroxyl groups is 2. The molecule has 0 saturated carbocycles. The third-order valence-electron chi connectivity index (χ3n) is 3.28. The predicted octanol–water partition coefficient (Wildman–Crippen LogP) is 3.68. The Kier molecular flexibility index (Phi) is 3.82. The van der Waals surface area contributed by atoms with Gasteiger partial charge in [-0.05, 0) is 25.1 Å². The molecule has 8 nitrogen and oxygen atoms in total. The summed E-state index contributed by atoms with van der Waals surface area (Å²) >= 11 is 6.06. The van der Waals surface area contributed by atoms with E-state index in [1.807, 2.05) is 0 Å². The zero-order chi connectivity index (χ0) is 17.4. The van der Waals surface area contributed by atoms with E-state index in [4.69, 9.17) is 16.0 Å². The molecule has 0 bridgehead atoms. The molecule has 2 heterocycles. The van der Waals surface area contributed by atoms with Crippen LogP contribution in [-0.4, -0.2) is 25.1 Å². The van der Waals surface area contributed by atoms with Crippen molar-refractivity contribution in [2.45, 2.75) is 6.92 Å². The molecule has 0 saturated heterocycles. The highest BCUT2D eigenvalue weighted by Crippen LogP contribution is 2.39. The molecule has 0 aliphatic rings. The lowest BCUT2D eigenvalue weighted by atomic mass is 10.1. The molecule has 122 valence electrons. The number of halogens is 1. The Hall–Kier alpha value is -3.13. The first-order valence-electron chi connectivity index (χ1n) is 6.66. The molecule has 0 unspecified atom stereocenters. The topological polar surface area (TPSA) is 123 Å². The second-order valence-corrected chi connectivity index (χ2v) is 5.31. The van der Waals surface area contributed by atoms with E-state index < -0.39 is 22.1 Å². The second kappa shape index (κ2) is 5.82. The van der Waals surface area contributed by atoms with Gasteiger partial charge >= 0.3 is 5.69 Å². The van der Waals surface area contributed by atoms with Crippen molar-refractivity contribution < 1.29 is 19.6 Å². The standard InChI is InChI=1S/C15H10ClN3O5/c1-7-2-3-9(14(16)17-7)15-18-10(6-24-15)8-4-11(19(22)23)13(21)12(20)5-8/h2-6,20-21H,1H3. The van der Waals surface area contributed by atoms with E-state index in [-0.39, 0.29) is 22.3 Å². The highest BCUT2D eigenvalue weighted by atomic mass is 35.5. The molecule has 0 atom stereocenters. The molecular formula is C15H10ClN3O5. The Labute approximate surface area is 140 Å². The van der Waals surface area contributed by atoms with Crippen LogP contribution in [0.2, 0.25) is 5.15 Å². The van der Waals surface area contributed by atoms with E-state index >= 15 is 0 Å². The van der Waals surface area contributed by atoms with Crippen molar-refractivity contribution in [1.82, 2.24) is 9.97 Å². The molecule has 0 fully saturated rings. The summed E-state index contributed by atoms with van der Waals surface area (Å²) in [6.45, 7) is 1.79. The number of rotatable bonds is 3. The van der Waals surface area contributed by atoms with E-state index in [0.29, 0.717) is 5.56 Å². The van der Waals surface area contributed by atoms with Gasteiger partial charge in [-0.15, -0.1) is 0 Å². The molecular weight excluding hydrogens is 338 g/mol. The first-order valence-corrected chi connectivity index (χ1v) is 7.04. The van der Waals surface area contributed by atoms with Crippen LogP contribution in [0.1, 0.15) is 5.69 Å². The maximum absolute atomic E-state index is 10.9. The summed E-state index contributed by atoms with van der Waals surface area (Å²) in [4.78, 5) is 18.4. The van der Waals surface area contributed by atoms with Gasteiger partial charge in [-0.2, -0.15) is 0 Å². The largest absolute Gasteiger partial charge is 0.504 e. The molecule has 0 radical (unpaired) electrons. The zero-order valence-electron chi connectivity index (χ0n) is 12.2. The van der Waals surface area contributed by atoms with Crippen LogP contribution in [0.4, 0.5) is 5.69 Å². The van der Waals surface area contributed by atoms with Crippen molar-refractivity contribution in [1.29, 1.82) is 0 Å². The van der Waals surface area contributed by atoms with E-state index in [9.17, 15) is 20.3 Å². The number of aromatic nitrogens is 2. The highest BCUT2D eigenvalue weighted by molar-refractivity contribution is 6.31. The summed E-state index contributed by atoms with van der Waals surface area (Å²) in [6, 6.07) is 5.67. The monoisotopic (exact) mass is 347 g/mol. The van der Waals surface area contributed by atoms with Crippen LogP contribution in [0.5, 0.6) is 11.5 Å². The maximum atomic E-state index is 10.9. The number of phenolic OH excluding ortho intramolecular Hbond substituents is 2. The van der Waals surface area contributed by atoms with E-state index in [1.54, 1.807) is 19.1 Å². The Morgan fingerprint density at radius 1 is 1.25 bits per heavy atom. The molecule has 2 aromatic heterocycles. The lowest BCUT2D eigenvalue weighted by Crippen LogP contribution is -1.90. The van der Waals surface area contributed by atoms with E-state index in [1.165, 1.54) is 6.26 Å². The fourth-order valence-corrected chi connectivity index (χ4v) is 2.38. The molecule has 0 amide bonds. The summed E-state index contributed by atoms with van der Waals surface area (Å²) in [5.74, 6) is -1.25. The predicted molar refractivity (Wildman–Crippen MR) is 84.9 cm³/mol. The summed E-state index contributed by atoms with van der Waals surface area (Å²) in [6.07, 6.45) is 1.26. The molecule has 0 spiro atoms. The maximum Gasteiger partial charge on any atom is 0.315 e. The Morgan fingerprint density at radius 2 is 2.00 bits per heavy atom. The fraction of sp³-hybridized carbons (Fsp3) is 0.0667. The molecule has 9 heteroatoms. The SMILES string of the molecule is Cc1ccc(-c2nc(-c3cc(O)c(O)c([N+](=O)[O-])c3)co2)c(Cl)n1. The first-order chi connectivity index (χ1) is 11.4. The van der Waals surface area contributed by atoms with Gasteiger partial charge in [0.15, 0.2) is 5.75 Å².